The summed E-state index contributed by atoms with van der Waals surface area (Å²) in [6.45, 7) is 0.307. The van der Waals surface area contributed by atoms with Crippen molar-refractivity contribution in [1.29, 1.82) is 0 Å². The van der Waals surface area contributed by atoms with E-state index in [1.165, 1.54) is 0 Å². The Morgan fingerprint density at radius 1 is 1.27 bits per heavy atom. The molecule has 0 unspecified atom stereocenters. The second-order valence-corrected chi connectivity index (χ2v) is 3.49. The van der Waals surface area contributed by atoms with Crippen LogP contribution in [0.5, 0.6) is 11.5 Å². The van der Waals surface area contributed by atoms with Gasteiger partial charge in [-0.2, -0.15) is 0 Å². The summed E-state index contributed by atoms with van der Waals surface area (Å²) in [5.41, 5.74) is 1.98. The minimum absolute atomic E-state index is 0.307. The number of hydrogen-bond acceptors (Lipinski definition) is 3. The minimum atomic E-state index is 0.307. The number of hydrogen-bond donors (Lipinski definition) is 0. The molecule has 15 heavy (non-hydrogen) atoms. The normalized spacial score (nSPS) is 13.1. The van der Waals surface area contributed by atoms with E-state index in [-0.39, 0.29) is 0 Å². The Labute approximate surface area is 87.1 Å². The maximum atomic E-state index is 5.31. The third-order valence-corrected chi connectivity index (χ3v) is 2.37. The van der Waals surface area contributed by atoms with Crippen molar-refractivity contribution in [3.8, 4) is 22.8 Å². The van der Waals surface area contributed by atoms with Crippen LogP contribution in [0.4, 0.5) is 0 Å². The van der Waals surface area contributed by atoms with Crippen LogP contribution in [0, 0.1) is 0 Å². The van der Waals surface area contributed by atoms with Crippen LogP contribution in [-0.4, -0.2) is 16.3 Å². The molecule has 0 radical (unpaired) electrons. The molecule has 0 amide bonds. The Kier molecular flexibility index (Phi) is 1.68. The molecular weight excluding hydrogens is 192 g/mol. The lowest BCUT2D eigenvalue weighted by Gasteiger charge is -1.99. The predicted octanol–water partition coefficient (Wildman–Crippen LogP) is 1.82. The number of aromatic nitrogens is 2. The number of rotatable bonds is 1. The summed E-state index contributed by atoms with van der Waals surface area (Å²) in [4.78, 5) is 4.28. The summed E-state index contributed by atoms with van der Waals surface area (Å²) in [5, 5.41) is 0. The van der Waals surface area contributed by atoms with Gasteiger partial charge in [-0.05, 0) is 18.2 Å². The monoisotopic (exact) mass is 202 g/mol. The summed E-state index contributed by atoms with van der Waals surface area (Å²) in [7, 11) is 1.95. The molecule has 1 aliphatic heterocycles. The largest absolute Gasteiger partial charge is 0.454 e. The summed E-state index contributed by atoms with van der Waals surface area (Å²) in [5.74, 6) is 1.59. The number of aryl methyl sites for hydroxylation is 1. The van der Waals surface area contributed by atoms with Gasteiger partial charge in [-0.15, -0.1) is 0 Å². The second kappa shape index (κ2) is 3.02. The standard InChI is InChI=1S/C11H10N2O2/c1-13-5-9(12-6-13)8-2-3-10-11(4-8)15-7-14-10/h2-6H,7H2,1H3. The number of benzene rings is 1. The molecule has 0 bridgehead atoms. The van der Waals surface area contributed by atoms with E-state index in [1.54, 1.807) is 6.33 Å². The lowest BCUT2D eigenvalue weighted by Crippen LogP contribution is -1.92. The van der Waals surface area contributed by atoms with Gasteiger partial charge in [-0.3, -0.25) is 0 Å². The number of fused-ring (bicyclic) bond motifs is 1. The minimum Gasteiger partial charge on any atom is -0.454 e. The first-order valence-electron chi connectivity index (χ1n) is 4.71. The Morgan fingerprint density at radius 2 is 2.13 bits per heavy atom. The zero-order chi connectivity index (χ0) is 10.3. The first kappa shape index (κ1) is 8.35. The fourth-order valence-electron chi connectivity index (χ4n) is 1.62. The fraction of sp³-hybridized carbons (Fsp3) is 0.182. The molecule has 3 rings (SSSR count). The van der Waals surface area contributed by atoms with E-state index in [2.05, 4.69) is 4.98 Å². The van der Waals surface area contributed by atoms with Crippen molar-refractivity contribution < 1.29 is 9.47 Å². The zero-order valence-corrected chi connectivity index (χ0v) is 8.30. The van der Waals surface area contributed by atoms with Crippen LogP contribution in [0.2, 0.25) is 0 Å². The quantitative estimate of drug-likeness (QED) is 0.707. The highest BCUT2D eigenvalue weighted by Gasteiger charge is 2.14. The summed E-state index contributed by atoms with van der Waals surface area (Å²) in [6, 6.07) is 5.84. The molecular formula is C11H10N2O2. The van der Waals surface area contributed by atoms with Gasteiger partial charge in [-0.1, -0.05) is 0 Å². The molecule has 0 saturated carbocycles. The number of nitrogens with zero attached hydrogens (tertiary/aromatic N) is 2. The van der Waals surface area contributed by atoms with E-state index < -0.39 is 0 Å². The Balaban J connectivity index is 2.06. The van der Waals surface area contributed by atoms with Gasteiger partial charge in [0.15, 0.2) is 11.5 Å². The van der Waals surface area contributed by atoms with E-state index in [1.807, 2.05) is 36.0 Å². The van der Waals surface area contributed by atoms with Gasteiger partial charge in [0, 0.05) is 18.8 Å². The summed E-state index contributed by atoms with van der Waals surface area (Å²) < 4.78 is 12.5. The molecule has 1 aliphatic rings. The first-order chi connectivity index (χ1) is 7.33. The average molecular weight is 202 g/mol. The molecule has 4 nitrogen and oxygen atoms in total. The van der Waals surface area contributed by atoms with Crippen LogP contribution in [0.25, 0.3) is 11.3 Å². The number of ether oxygens (including phenoxy) is 2. The predicted molar refractivity (Wildman–Crippen MR) is 54.8 cm³/mol. The maximum absolute atomic E-state index is 5.31. The van der Waals surface area contributed by atoms with Crippen molar-refractivity contribution >= 4 is 0 Å². The SMILES string of the molecule is Cn1cnc(-c2ccc3c(c2)OCO3)c1. The number of imidazole rings is 1. The van der Waals surface area contributed by atoms with Crippen LogP contribution in [0.3, 0.4) is 0 Å². The van der Waals surface area contributed by atoms with Crippen molar-refractivity contribution in [1.82, 2.24) is 9.55 Å². The van der Waals surface area contributed by atoms with Crippen LogP contribution in [0.15, 0.2) is 30.7 Å². The van der Waals surface area contributed by atoms with Crippen LogP contribution < -0.4 is 9.47 Å². The molecule has 0 N–H and O–H groups in total. The molecule has 0 aliphatic carbocycles. The fourth-order valence-corrected chi connectivity index (χ4v) is 1.62. The third kappa shape index (κ3) is 1.34. The van der Waals surface area contributed by atoms with Crippen molar-refractivity contribution in [2.75, 3.05) is 6.79 Å². The first-order valence-corrected chi connectivity index (χ1v) is 4.71. The maximum Gasteiger partial charge on any atom is 0.231 e. The summed E-state index contributed by atoms with van der Waals surface area (Å²) >= 11 is 0. The molecule has 4 heteroatoms. The van der Waals surface area contributed by atoms with Gasteiger partial charge in [0.2, 0.25) is 6.79 Å². The van der Waals surface area contributed by atoms with Crippen LogP contribution in [0.1, 0.15) is 0 Å². The molecule has 1 aromatic carbocycles. The molecule has 2 heterocycles. The van der Waals surface area contributed by atoms with E-state index >= 15 is 0 Å². The highest BCUT2D eigenvalue weighted by atomic mass is 16.7. The van der Waals surface area contributed by atoms with Crippen molar-refractivity contribution in [2.45, 2.75) is 0 Å². The molecule has 0 saturated heterocycles. The summed E-state index contributed by atoms with van der Waals surface area (Å²) in [6.07, 6.45) is 3.75. The van der Waals surface area contributed by atoms with Crippen LogP contribution >= 0.6 is 0 Å². The highest BCUT2D eigenvalue weighted by Crippen LogP contribution is 2.35. The zero-order valence-electron chi connectivity index (χ0n) is 8.30. The molecule has 0 spiro atoms. The van der Waals surface area contributed by atoms with Gasteiger partial charge in [0.05, 0.1) is 12.0 Å². The van der Waals surface area contributed by atoms with Crippen molar-refractivity contribution in [3.05, 3.63) is 30.7 Å². The van der Waals surface area contributed by atoms with E-state index in [0.29, 0.717) is 6.79 Å². The van der Waals surface area contributed by atoms with Crippen molar-refractivity contribution in [2.24, 2.45) is 7.05 Å². The molecule has 2 aromatic rings. The van der Waals surface area contributed by atoms with E-state index in [0.717, 1.165) is 22.8 Å². The van der Waals surface area contributed by atoms with Gasteiger partial charge in [-0.25, -0.2) is 4.98 Å². The lowest BCUT2D eigenvalue weighted by molar-refractivity contribution is 0.174. The van der Waals surface area contributed by atoms with Crippen LogP contribution in [-0.2, 0) is 7.05 Å². The molecule has 0 fully saturated rings. The van der Waals surface area contributed by atoms with Gasteiger partial charge < -0.3 is 14.0 Å². The second-order valence-electron chi connectivity index (χ2n) is 3.49. The molecule has 1 aromatic heterocycles. The lowest BCUT2D eigenvalue weighted by atomic mass is 10.1. The Hall–Kier alpha value is -1.97. The van der Waals surface area contributed by atoms with Gasteiger partial charge >= 0.3 is 0 Å². The smallest absolute Gasteiger partial charge is 0.231 e. The van der Waals surface area contributed by atoms with Gasteiger partial charge in [0.25, 0.3) is 0 Å². The van der Waals surface area contributed by atoms with Crippen molar-refractivity contribution in [3.63, 3.8) is 0 Å². The average Bonchev–Trinajstić information content (AvgIpc) is 2.84. The highest BCUT2D eigenvalue weighted by molar-refractivity contribution is 5.63. The molecule has 0 atom stereocenters. The van der Waals surface area contributed by atoms with E-state index in [4.69, 9.17) is 9.47 Å². The van der Waals surface area contributed by atoms with E-state index in [9.17, 15) is 0 Å². The Bertz CT molecular complexity index is 505. The topological polar surface area (TPSA) is 36.3 Å². The third-order valence-electron chi connectivity index (χ3n) is 2.37. The Morgan fingerprint density at radius 3 is 2.93 bits per heavy atom. The van der Waals surface area contributed by atoms with Gasteiger partial charge in [0.1, 0.15) is 0 Å². The molecule has 76 valence electrons.